The Labute approximate surface area is 198 Å². The maximum absolute atomic E-state index is 6.31. The van der Waals surface area contributed by atoms with E-state index in [0.29, 0.717) is 13.2 Å². The lowest BCUT2D eigenvalue weighted by molar-refractivity contribution is -0.327. The smallest absolute Gasteiger partial charge is 0.163 e. The van der Waals surface area contributed by atoms with Crippen LogP contribution >= 0.6 is 0 Å². The minimum Gasteiger partial charge on any atom is -0.374 e. The van der Waals surface area contributed by atoms with E-state index in [9.17, 15) is 0 Å². The van der Waals surface area contributed by atoms with E-state index < -0.39 is 11.6 Å². The standard InChI is InChI=1S/C28H38O5/c1-27(2)30-23(15-21-11-7-5-8-12-21)16-24(31-27)17-25-18-26(33-28(3,4)32-25)20-29-19-22-13-9-6-10-14-22/h5-14,23-26H,15-20H2,1-4H3/t23-,24+,25-,26+/m0/s1. The van der Waals surface area contributed by atoms with Crippen LogP contribution in [0.3, 0.4) is 0 Å². The van der Waals surface area contributed by atoms with Gasteiger partial charge in [0.1, 0.15) is 0 Å². The Morgan fingerprint density at radius 2 is 1.15 bits per heavy atom. The Morgan fingerprint density at radius 3 is 1.76 bits per heavy atom. The Kier molecular flexibility index (Phi) is 7.87. The fourth-order valence-corrected chi connectivity index (χ4v) is 5.01. The monoisotopic (exact) mass is 454 g/mol. The summed E-state index contributed by atoms with van der Waals surface area (Å²) in [5.74, 6) is -1.25. The van der Waals surface area contributed by atoms with Gasteiger partial charge in [0, 0.05) is 19.3 Å². The lowest BCUT2D eigenvalue weighted by Gasteiger charge is -2.45. The van der Waals surface area contributed by atoms with Gasteiger partial charge in [0.25, 0.3) is 0 Å². The summed E-state index contributed by atoms with van der Waals surface area (Å²) in [6.07, 6.45) is 3.61. The molecular weight excluding hydrogens is 416 g/mol. The van der Waals surface area contributed by atoms with Gasteiger partial charge in [-0.1, -0.05) is 60.7 Å². The van der Waals surface area contributed by atoms with Crippen molar-refractivity contribution in [2.24, 2.45) is 0 Å². The van der Waals surface area contributed by atoms with Crippen LogP contribution in [0.25, 0.3) is 0 Å². The van der Waals surface area contributed by atoms with Crippen LogP contribution < -0.4 is 0 Å². The van der Waals surface area contributed by atoms with E-state index in [1.54, 1.807) is 0 Å². The molecular formula is C28H38O5. The summed E-state index contributed by atoms with van der Waals surface area (Å²) in [4.78, 5) is 0. The van der Waals surface area contributed by atoms with Crippen molar-refractivity contribution in [3.63, 3.8) is 0 Å². The van der Waals surface area contributed by atoms with Crippen molar-refractivity contribution < 1.29 is 23.7 Å². The second-order valence-electron chi connectivity index (χ2n) is 10.2. The molecule has 4 atom stereocenters. The van der Waals surface area contributed by atoms with Crippen molar-refractivity contribution >= 4 is 0 Å². The number of benzene rings is 2. The summed E-state index contributed by atoms with van der Waals surface area (Å²) in [6, 6.07) is 20.8. The van der Waals surface area contributed by atoms with Gasteiger partial charge in [-0.2, -0.15) is 0 Å². The summed E-state index contributed by atoms with van der Waals surface area (Å²) in [7, 11) is 0. The van der Waals surface area contributed by atoms with Gasteiger partial charge < -0.3 is 23.7 Å². The number of ether oxygens (including phenoxy) is 5. The molecule has 0 saturated carbocycles. The molecule has 2 aliphatic rings. The van der Waals surface area contributed by atoms with Crippen molar-refractivity contribution in [3.05, 3.63) is 71.8 Å². The molecule has 0 spiro atoms. The van der Waals surface area contributed by atoms with Crippen molar-refractivity contribution in [2.75, 3.05) is 6.61 Å². The third kappa shape index (κ3) is 7.62. The summed E-state index contributed by atoms with van der Waals surface area (Å²) < 4.78 is 31.0. The second-order valence-corrected chi connectivity index (χ2v) is 10.2. The molecule has 0 N–H and O–H groups in total. The molecule has 5 heteroatoms. The van der Waals surface area contributed by atoms with Crippen LogP contribution in [0.1, 0.15) is 58.1 Å². The second kappa shape index (κ2) is 10.7. The normalized spacial score (nSPS) is 29.0. The van der Waals surface area contributed by atoms with Gasteiger partial charge in [-0.3, -0.25) is 0 Å². The van der Waals surface area contributed by atoms with Crippen molar-refractivity contribution in [1.82, 2.24) is 0 Å². The number of hydrogen-bond donors (Lipinski definition) is 0. The van der Waals surface area contributed by atoms with Crippen LogP contribution in [0.2, 0.25) is 0 Å². The molecule has 180 valence electrons. The van der Waals surface area contributed by atoms with Crippen molar-refractivity contribution in [1.29, 1.82) is 0 Å². The number of hydrogen-bond acceptors (Lipinski definition) is 5. The van der Waals surface area contributed by atoms with Gasteiger partial charge in [-0.25, -0.2) is 0 Å². The van der Waals surface area contributed by atoms with E-state index in [4.69, 9.17) is 23.7 Å². The fourth-order valence-electron chi connectivity index (χ4n) is 5.01. The molecule has 5 nitrogen and oxygen atoms in total. The molecule has 4 rings (SSSR count). The Balaban J connectivity index is 1.32. The summed E-state index contributed by atoms with van der Waals surface area (Å²) in [6.45, 7) is 9.12. The Morgan fingerprint density at radius 1 is 0.667 bits per heavy atom. The molecule has 0 aliphatic carbocycles. The first-order valence-electron chi connectivity index (χ1n) is 12.1. The van der Waals surface area contributed by atoms with Gasteiger partial charge in [-0.15, -0.1) is 0 Å². The first-order valence-corrected chi connectivity index (χ1v) is 12.1. The van der Waals surface area contributed by atoms with Gasteiger partial charge in [0.05, 0.1) is 37.6 Å². The minimum absolute atomic E-state index is 0.00423. The van der Waals surface area contributed by atoms with E-state index in [2.05, 4.69) is 36.4 Å². The SMILES string of the molecule is CC1(C)O[C@@H](C[C@H]2C[C@H](Cc3ccccc3)OC(C)(C)O2)C[C@H](COCc2ccccc2)O1. The highest BCUT2D eigenvalue weighted by molar-refractivity contribution is 5.16. The molecule has 2 aromatic rings. The predicted molar refractivity (Wildman–Crippen MR) is 128 cm³/mol. The molecule has 2 aromatic carbocycles. The topological polar surface area (TPSA) is 46.2 Å². The lowest BCUT2D eigenvalue weighted by atomic mass is 9.95. The van der Waals surface area contributed by atoms with Crippen LogP contribution in [-0.4, -0.2) is 42.6 Å². The highest BCUT2D eigenvalue weighted by Crippen LogP contribution is 2.35. The predicted octanol–water partition coefficient (Wildman–Crippen LogP) is 5.66. The molecule has 0 unspecified atom stereocenters. The summed E-state index contributed by atoms with van der Waals surface area (Å²) in [5, 5.41) is 0. The molecule has 2 fully saturated rings. The Bertz CT molecular complexity index is 851. The average molecular weight is 455 g/mol. The fraction of sp³-hybridized carbons (Fsp3) is 0.571. The Hall–Kier alpha value is -1.76. The zero-order valence-electron chi connectivity index (χ0n) is 20.4. The van der Waals surface area contributed by atoms with E-state index in [-0.39, 0.29) is 24.4 Å². The van der Waals surface area contributed by atoms with Gasteiger partial charge in [0.2, 0.25) is 0 Å². The van der Waals surface area contributed by atoms with Crippen LogP contribution in [0, 0.1) is 0 Å². The van der Waals surface area contributed by atoms with E-state index in [1.165, 1.54) is 11.1 Å². The van der Waals surface area contributed by atoms with E-state index in [1.807, 2.05) is 52.0 Å². The maximum Gasteiger partial charge on any atom is 0.163 e. The highest BCUT2D eigenvalue weighted by atomic mass is 16.7. The number of rotatable bonds is 8. The van der Waals surface area contributed by atoms with E-state index in [0.717, 1.165) is 25.7 Å². The third-order valence-corrected chi connectivity index (χ3v) is 6.10. The third-order valence-electron chi connectivity index (χ3n) is 6.10. The first-order chi connectivity index (χ1) is 15.8. The molecule has 0 bridgehead atoms. The van der Waals surface area contributed by atoms with Crippen molar-refractivity contribution in [3.8, 4) is 0 Å². The molecule has 33 heavy (non-hydrogen) atoms. The van der Waals surface area contributed by atoms with Crippen LogP contribution in [0.5, 0.6) is 0 Å². The molecule has 2 aliphatic heterocycles. The van der Waals surface area contributed by atoms with Gasteiger partial charge >= 0.3 is 0 Å². The lowest BCUT2D eigenvalue weighted by Crippen LogP contribution is -2.50. The molecule has 0 amide bonds. The van der Waals surface area contributed by atoms with E-state index >= 15 is 0 Å². The average Bonchev–Trinajstić information content (AvgIpc) is 2.73. The first kappa shape index (κ1) is 24.4. The van der Waals surface area contributed by atoms with Crippen LogP contribution in [0.4, 0.5) is 0 Å². The van der Waals surface area contributed by atoms with Crippen LogP contribution in [-0.2, 0) is 36.7 Å². The minimum atomic E-state index is -0.645. The zero-order chi connectivity index (χ0) is 23.3. The van der Waals surface area contributed by atoms with Crippen molar-refractivity contribution in [2.45, 2.75) is 96.0 Å². The molecule has 0 radical (unpaired) electrons. The highest BCUT2D eigenvalue weighted by Gasteiger charge is 2.40. The van der Waals surface area contributed by atoms with Crippen LogP contribution in [0.15, 0.2) is 60.7 Å². The quantitative estimate of drug-likeness (QED) is 0.515. The maximum atomic E-state index is 6.31. The summed E-state index contributed by atoms with van der Waals surface area (Å²) in [5.41, 5.74) is 2.46. The largest absolute Gasteiger partial charge is 0.374 e. The molecule has 0 aromatic heterocycles. The van der Waals surface area contributed by atoms with Gasteiger partial charge in [-0.05, 0) is 45.2 Å². The summed E-state index contributed by atoms with van der Waals surface area (Å²) >= 11 is 0. The van der Waals surface area contributed by atoms with Gasteiger partial charge in [0.15, 0.2) is 11.6 Å². The molecule has 2 saturated heterocycles. The zero-order valence-corrected chi connectivity index (χ0v) is 20.4. The molecule has 2 heterocycles.